The van der Waals surface area contributed by atoms with Crippen LogP contribution in [0, 0.1) is 6.92 Å². The number of nitrogens with zero attached hydrogens (tertiary/aromatic N) is 2. The molecule has 2 rings (SSSR count). The third-order valence-electron chi connectivity index (χ3n) is 1.63. The van der Waals surface area contributed by atoms with E-state index in [-0.39, 0.29) is 0 Å². The fourth-order valence-electron chi connectivity index (χ4n) is 1.04. The Morgan fingerprint density at radius 1 is 1.31 bits per heavy atom. The number of hydrogen-bond donors (Lipinski definition) is 0. The molecule has 0 radical (unpaired) electrons. The smallest absolute Gasteiger partial charge is 0.259 e. The minimum Gasteiger partial charge on any atom is -0.334 e. The molecule has 1 aromatic heterocycles. The van der Waals surface area contributed by atoms with E-state index in [0.29, 0.717) is 16.7 Å². The highest BCUT2D eigenvalue weighted by atomic mass is 35.5. The lowest BCUT2D eigenvalue weighted by molar-refractivity contribution is 0.425. The molecule has 0 aliphatic carbocycles. The van der Waals surface area contributed by atoms with Crippen LogP contribution in [0.4, 0.5) is 0 Å². The van der Waals surface area contributed by atoms with Crippen LogP contribution in [0.3, 0.4) is 0 Å². The van der Waals surface area contributed by atoms with E-state index in [2.05, 4.69) is 10.1 Å². The SMILES string of the molecule is Cc1noc(-c2ccccc2Cl)n1. The van der Waals surface area contributed by atoms with Gasteiger partial charge in [-0.1, -0.05) is 28.9 Å². The third kappa shape index (κ3) is 1.55. The zero-order chi connectivity index (χ0) is 9.26. The highest BCUT2D eigenvalue weighted by Gasteiger charge is 2.08. The fraction of sp³-hybridized carbons (Fsp3) is 0.111. The molecule has 0 atom stereocenters. The first-order chi connectivity index (χ1) is 6.27. The summed E-state index contributed by atoms with van der Waals surface area (Å²) in [5.41, 5.74) is 0.768. The number of aromatic nitrogens is 2. The monoisotopic (exact) mass is 194 g/mol. The zero-order valence-corrected chi connectivity index (χ0v) is 7.75. The van der Waals surface area contributed by atoms with Crippen LogP contribution in [-0.4, -0.2) is 10.1 Å². The highest BCUT2D eigenvalue weighted by Crippen LogP contribution is 2.25. The molecular weight excluding hydrogens is 188 g/mol. The molecule has 0 aliphatic heterocycles. The van der Waals surface area contributed by atoms with E-state index in [1.165, 1.54) is 0 Å². The van der Waals surface area contributed by atoms with Gasteiger partial charge in [-0.3, -0.25) is 0 Å². The molecule has 0 aliphatic rings. The predicted molar refractivity (Wildman–Crippen MR) is 49.5 cm³/mol. The van der Waals surface area contributed by atoms with Crippen molar-refractivity contribution in [2.75, 3.05) is 0 Å². The van der Waals surface area contributed by atoms with Gasteiger partial charge in [0.05, 0.1) is 10.6 Å². The number of rotatable bonds is 1. The average Bonchev–Trinajstić information content (AvgIpc) is 2.53. The molecular formula is C9H7ClN2O. The summed E-state index contributed by atoms with van der Waals surface area (Å²) >= 11 is 5.94. The zero-order valence-electron chi connectivity index (χ0n) is 6.99. The molecule has 0 saturated carbocycles. The quantitative estimate of drug-likeness (QED) is 0.701. The standard InChI is InChI=1S/C9H7ClN2O/c1-6-11-9(13-12-6)7-4-2-3-5-8(7)10/h2-5H,1H3. The van der Waals surface area contributed by atoms with Crippen molar-refractivity contribution < 1.29 is 4.52 Å². The van der Waals surface area contributed by atoms with Gasteiger partial charge < -0.3 is 4.52 Å². The van der Waals surface area contributed by atoms with E-state index in [4.69, 9.17) is 16.1 Å². The van der Waals surface area contributed by atoms with Crippen molar-refractivity contribution in [1.82, 2.24) is 10.1 Å². The highest BCUT2D eigenvalue weighted by molar-refractivity contribution is 6.33. The molecule has 1 aromatic carbocycles. The normalized spacial score (nSPS) is 10.3. The molecule has 1 heterocycles. The Bertz CT molecular complexity index is 425. The Morgan fingerprint density at radius 3 is 2.69 bits per heavy atom. The molecule has 0 saturated heterocycles. The van der Waals surface area contributed by atoms with Crippen molar-refractivity contribution in [2.45, 2.75) is 6.92 Å². The van der Waals surface area contributed by atoms with Gasteiger partial charge >= 0.3 is 0 Å². The summed E-state index contributed by atoms with van der Waals surface area (Å²) in [6.07, 6.45) is 0. The largest absolute Gasteiger partial charge is 0.334 e. The van der Waals surface area contributed by atoms with Crippen molar-refractivity contribution in [3.05, 3.63) is 35.1 Å². The van der Waals surface area contributed by atoms with Crippen LogP contribution < -0.4 is 0 Å². The Labute approximate surface area is 80.3 Å². The molecule has 0 bridgehead atoms. The molecule has 4 heteroatoms. The van der Waals surface area contributed by atoms with Gasteiger partial charge in [0.25, 0.3) is 5.89 Å². The summed E-state index contributed by atoms with van der Waals surface area (Å²) in [7, 11) is 0. The molecule has 66 valence electrons. The van der Waals surface area contributed by atoms with E-state index in [1.807, 2.05) is 18.2 Å². The first kappa shape index (κ1) is 8.26. The summed E-state index contributed by atoms with van der Waals surface area (Å²) in [4.78, 5) is 4.08. The number of halogens is 1. The minimum atomic E-state index is 0.461. The summed E-state index contributed by atoms with van der Waals surface area (Å²) in [5, 5.41) is 4.31. The first-order valence-corrected chi connectivity index (χ1v) is 4.20. The van der Waals surface area contributed by atoms with Crippen LogP contribution >= 0.6 is 11.6 Å². The van der Waals surface area contributed by atoms with Crippen molar-refractivity contribution in [3.63, 3.8) is 0 Å². The second-order valence-electron chi connectivity index (χ2n) is 2.63. The molecule has 3 nitrogen and oxygen atoms in total. The second-order valence-corrected chi connectivity index (χ2v) is 3.03. The summed E-state index contributed by atoms with van der Waals surface area (Å²) in [6, 6.07) is 7.36. The molecule has 0 amide bonds. The van der Waals surface area contributed by atoms with Crippen molar-refractivity contribution in [2.24, 2.45) is 0 Å². The fourth-order valence-corrected chi connectivity index (χ4v) is 1.26. The molecule has 2 aromatic rings. The minimum absolute atomic E-state index is 0.461. The summed E-state index contributed by atoms with van der Waals surface area (Å²) < 4.78 is 4.99. The topological polar surface area (TPSA) is 38.9 Å². The summed E-state index contributed by atoms with van der Waals surface area (Å²) in [6.45, 7) is 1.77. The van der Waals surface area contributed by atoms with Crippen LogP contribution in [0.1, 0.15) is 5.82 Å². The lowest BCUT2D eigenvalue weighted by Crippen LogP contribution is -1.78. The maximum absolute atomic E-state index is 5.94. The van der Waals surface area contributed by atoms with Crippen LogP contribution in [0.2, 0.25) is 5.02 Å². The molecule has 0 fully saturated rings. The lowest BCUT2D eigenvalue weighted by atomic mass is 10.2. The van der Waals surface area contributed by atoms with Crippen molar-refractivity contribution >= 4 is 11.6 Å². The summed E-state index contributed by atoms with van der Waals surface area (Å²) in [5.74, 6) is 1.07. The van der Waals surface area contributed by atoms with E-state index in [1.54, 1.807) is 13.0 Å². The maximum atomic E-state index is 5.94. The second kappa shape index (κ2) is 3.18. The molecule has 13 heavy (non-hydrogen) atoms. The van der Waals surface area contributed by atoms with Gasteiger partial charge in [0.2, 0.25) is 0 Å². The van der Waals surface area contributed by atoms with Crippen molar-refractivity contribution in [1.29, 1.82) is 0 Å². The maximum Gasteiger partial charge on any atom is 0.259 e. The van der Waals surface area contributed by atoms with Crippen molar-refractivity contribution in [3.8, 4) is 11.5 Å². The molecule has 0 unspecified atom stereocenters. The number of aryl methyl sites for hydroxylation is 1. The Morgan fingerprint density at radius 2 is 2.08 bits per heavy atom. The van der Waals surface area contributed by atoms with Gasteiger partial charge in [0, 0.05) is 0 Å². The van der Waals surface area contributed by atoms with Gasteiger partial charge in [0.15, 0.2) is 5.82 Å². The van der Waals surface area contributed by atoms with Crippen LogP contribution in [0.25, 0.3) is 11.5 Å². The Hall–Kier alpha value is -1.35. The van der Waals surface area contributed by atoms with Crippen LogP contribution in [-0.2, 0) is 0 Å². The van der Waals surface area contributed by atoms with Crippen LogP contribution in [0.15, 0.2) is 28.8 Å². The number of benzene rings is 1. The average molecular weight is 195 g/mol. The molecule has 0 N–H and O–H groups in total. The third-order valence-corrected chi connectivity index (χ3v) is 1.96. The van der Waals surface area contributed by atoms with Gasteiger partial charge in [-0.15, -0.1) is 0 Å². The first-order valence-electron chi connectivity index (χ1n) is 3.82. The Kier molecular flexibility index (Phi) is 2.02. The van der Waals surface area contributed by atoms with Gasteiger partial charge in [-0.05, 0) is 19.1 Å². The van der Waals surface area contributed by atoms with E-state index < -0.39 is 0 Å². The number of hydrogen-bond acceptors (Lipinski definition) is 3. The Balaban J connectivity index is 2.52. The predicted octanol–water partition coefficient (Wildman–Crippen LogP) is 2.70. The lowest BCUT2D eigenvalue weighted by Gasteiger charge is -1.95. The van der Waals surface area contributed by atoms with E-state index in [9.17, 15) is 0 Å². The van der Waals surface area contributed by atoms with Gasteiger partial charge in [0.1, 0.15) is 0 Å². The van der Waals surface area contributed by atoms with E-state index >= 15 is 0 Å². The van der Waals surface area contributed by atoms with Gasteiger partial charge in [-0.2, -0.15) is 4.98 Å². The van der Waals surface area contributed by atoms with E-state index in [0.717, 1.165) is 5.56 Å². The molecule has 0 spiro atoms. The van der Waals surface area contributed by atoms with Gasteiger partial charge in [-0.25, -0.2) is 0 Å². The van der Waals surface area contributed by atoms with Crippen LogP contribution in [0.5, 0.6) is 0 Å².